The summed E-state index contributed by atoms with van der Waals surface area (Å²) in [6, 6.07) is 13.4. The van der Waals surface area contributed by atoms with Crippen LogP contribution in [0.15, 0.2) is 70.6 Å². The number of aromatic nitrogens is 1. The van der Waals surface area contributed by atoms with Crippen LogP contribution in [0.25, 0.3) is 10.9 Å². The van der Waals surface area contributed by atoms with Crippen molar-refractivity contribution in [2.75, 3.05) is 7.11 Å². The van der Waals surface area contributed by atoms with Crippen LogP contribution in [0.1, 0.15) is 0 Å². The van der Waals surface area contributed by atoms with Gasteiger partial charge in [0.05, 0.1) is 26.9 Å². The zero-order valence-electron chi connectivity index (χ0n) is 15.5. The van der Waals surface area contributed by atoms with E-state index in [1.807, 2.05) is 0 Å². The van der Waals surface area contributed by atoms with Crippen molar-refractivity contribution in [2.45, 2.75) is 9.79 Å². The first-order chi connectivity index (χ1) is 14.3. The Kier molecular flexibility index (Phi) is 5.27. The molecule has 0 atom stereocenters. The van der Waals surface area contributed by atoms with Gasteiger partial charge in [0.15, 0.2) is 11.5 Å². The molecule has 0 aliphatic carbocycles. The van der Waals surface area contributed by atoms with Gasteiger partial charge < -0.3 is 14.5 Å². The average molecular weight is 463 g/mol. The average Bonchev–Trinajstić information content (AvgIpc) is 3.15. The normalized spacial score (nSPS) is 11.6. The minimum atomic E-state index is -3.79. The smallest absolute Gasteiger partial charge is 0.208 e. The second-order valence-electron chi connectivity index (χ2n) is 6.36. The van der Waals surface area contributed by atoms with Crippen molar-refractivity contribution >= 4 is 43.9 Å². The number of H-pyrrole nitrogens is 1. The second kappa shape index (κ2) is 7.75. The van der Waals surface area contributed by atoms with Crippen LogP contribution >= 0.6 is 23.2 Å². The highest BCUT2D eigenvalue weighted by molar-refractivity contribution is 7.91. The van der Waals surface area contributed by atoms with Gasteiger partial charge in [-0.2, -0.15) is 0 Å². The van der Waals surface area contributed by atoms with Gasteiger partial charge in [-0.05, 0) is 42.5 Å². The van der Waals surface area contributed by atoms with E-state index in [4.69, 9.17) is 32.7 Å². The van der Waals surface area contributed by atoms with Gasteiger partial charge in [-0.3, -0.25) is 5.11 Å². The molecule has 30 heavy (non-hydrogen) atoms. The molecule has 0 spiro atoms. The van der Waals surface area contributed by atoms with Gasteiger partial charge in [-0.15, -0.1) is 0 Å². The number of sulfone groups is 1. The number of halogens is 2. The molecule has 9 heteroatoms. The summed E-state index contributed by atoms with van der Waals surface area (Å²) in [7, 11) is -2.29. The first kappa shape index (κ1) is 20.4. The summed E-state index contributed by atoms with van der Waals surface area (Å²) in [5, 5.41) is 12.0. The Morgan fingerprint density at radius 3 is 2.17 bits per heavy atom. The van der Waals surface area contributed by atoms with Crippen molar-refractivity contribution in [1.29, 1.82) is 0 Å². The molecule has 0 aliphatic rings. The van der Waals surface area contributed by atoms with Crippen molar-refractivity contribution in [3.63, 3.8) is 0 Å². The number of hydrogen-bond acceptors (Lipinski definition) is 4. The van der Waals surface area contributed by atoms with Crippen molar-refractivity contribution < 1.29 is 23.0 Å². The topological polar surface area (TPSA) is 88.3 Å². The standard InChI is InChI=1S/C21H14Cl2NO5S/c1-28-13-2-5-15(6-3-13)30(26,27)20-11-24-19-7-4-14(10-16(19)20)29-21-17(22)8-12(25)9-18(21)23/h2-11,24H,1H3. The van der Waals surface area contributed by atoms with E-state index in [1.165, 1.54) is 37.6 Å². The van der Waals surface area contributed by atoms with Crippen LogP contribution in [0.5, 0.6) is 23.0 Å². The Morgan fingerprint density at radius 2 is 1.53 bits per heavy atom. The fourth-order valence-electron chi connectivity index (χ4n) is 2.99. The molecule has 0 bridgehead atoms. The van der Waals surface area contributed by atoms with E-state index in [2.05, 4.69) is 4.98 Å². The van der Waals surface area contributed by atoms with E-state index < -0.39 is 9.84 Å². The molecule has 4 rings (SSSR count). The number of hydrogen-bond donors (Lipinski definition) is 1. The first-order valence-corrected chi connectivity index (χ1v) is 10.9. The minimum absolute atomic E-state index is 0.0627. The van der Waals surface area contributed by atoms with Gasteiger partial charge in [0.2, 0.25) is 9.84 Å². The summed E-state index contributed by atoms with van der Waals surface area (Å²) in [6.07, 6.45) is 1.43. The molecule has 0 fully saturated rings. The molecule has 0 amide bonds. The number of fused-ring (bicyclic) bond motifs is 1. The summed E-state index contributed by atoms with van der Waals surface area (Å²) < 4.78 is 37.1. The number of aromatic amines is 1. The van der Waals surface area contributed by atoms with Crippen LogP contribution in [-0.4, -0.2) is 20.5 Å². The Bertz CT molecular complexity index is 1320. The van der Waals surface area contributed by atoms with Gasteiger partial charge in [0, 0.05) is 29.2 Å². The summed E-state index contributed by atoms with van der Waals surface area (Å²) in [5.41, 5.74) is 0.613. The highest BCUT2D eigenvalue weighted by Crippen LogP contribution is 2.40. The van der Waals surface area contributed by atoms with E-state index in [0.29, 0.717) is 22.4 Å². The minimum Gasteiger partial charge on any atom is -0.497 e. The number of rotatable bonds is 5. The molecule has 1 N–H and O–H groups in total. The SMILES string of the molecule is COc1ccc(S(=O)(=O)c2c[nH]c3ccc(Oc4c(Cl)cc([O])cc4Cl)cc23)cc1. The predicted molar refractivity (Wildman–Crippen MR) is 113 cm³/mol. The third-order valence-electron chi connectivity index (χ3n) is 4.47. The van der Waals surface area contributed by atoms with Gasteiger partial charge in [-0.1, -0.05) is 23.2 Å². The molecule has 1 aromatic heterocycles. The van der Waals surface area contributed by atoms with Crippen LogP contribution < -0.4 is 9.47 Å². The number of nitrogens with one attached hydrogen (secondary N) is 1. The van der Waals surface area contributed by atoms with Crippen LogP contribution in [0.3, 0.4) is 0 Å². The van der Waals surface area contributed by atoms with E-state index in [-0.39, 0.29) is 31.3 Å². The maximum absolute atomic E-state index is 13.1. The quantitative estimate of drug-likeness (QED) is 0.379. The lowest BCUT2D eigenvalue weighted by Crippen LogP contribution is -2.01. The Balaban J connectivity index is 1.76. The molecule has 6 nitrogen and oxygen atoms in total. The molecular weight excluding hydrogens is 449 g/mol. The Labute approximate surface area is 182 Å². The van der Waals surface area contributed by atoms with Gasteiger partial charge in [0.1, 0.15) is 11.5 Å². The van der Waals surface area contributed by atoms with Gasteiger partial charge >= 0.3 is 0 Å². The van der Waals surface area contributed by atoms with Crippen LogP contribution in [-0.2, 0) is 14.9 Å². The molecule has 1 radical (unpaired) electrons. The lowest BCUT2D eigenvalue weighted by molar-refractivity contribution is 0.354. The molecule has 0 saturated heterocycles. The van der Waals surface area contributed by atoms with Crippen LogP contribution in [0.2, 0.25) is 10.0 Å². The lowest BCUT2D eigenvalue weighted by Gasteiger charge is -2.10. The number of ether oxygens (including phenoxy) is 2. The maximum atomic E-state index is 13.1. The molecule has 0 saturated carbocycles. The van der Waals surface area contributed by atoms with Crippen molar-refractivity contribution in [2.24, 2.45) is 0 Å². The largest absolute Gasteiger partial charge is 0.497 e. The summed E-state index contributed by atoms with van der Waals surface area (Å²) in [4.78, 5) is 3.18. The third-order valence-corrected chi connectivity index (χ3v) is 6.84. The lowest BCUT2D eigenvalue weighted by atomic mass is 10.2. The third kappa shape index (κ3) is 3.67. The molecule has 0 unspecified atom stereocenters. The first-order valence-electron chi connectivity index (χ1n) is 8.64. The number of benzene rings is 3. The van der Waals surface area contributed by atoms with Crippen molar-refractivity contribution in [3.05, 3.63) is 70.8 Å². The van der Waals surface area contributed by atoms with Gasteiger partial charge in [0.25, 0.3) is 0 Å². The fraction of sp³-hybridized carbons (Fsp3) is 0.0476. The van der Waals surface area contributed by atoms with E-state index >= 15 is 0 Å². The molecule has 3 aromatic carbocycles. The molecule has 0 aliphatic heterocycles. The Morgan fingerprint density at radius 1 is 0.900 bits per heavy atom. The summed E-state index contributed by atoms with van der Waals surface area (Å²) in [5.74, 6) is 0.649. The monoisotopic (exact) mass is 462 g/mol. The van der Waals surface area contributed by atoms with E-state index in [1.54, 1.807) is 30.3 Å². The predicted octanol–water partition coefficient (Wildman–Crippen LogP) is 6.25. The molecular formula is C21H14Cl2NO5S. The summed E-state index contributed by atoms with van der Waals surface area (Å²) in [6.45, 7) is 0. The highest BCUT2D eigenvalue weighted by Gasteiger charge is 2.22. The molecule has 153 valence electrons. The maximum Gasteiger partial charge on any atom is 0.208 e. The van der Waals surface area contributed by atoms with E-state index in [0.717, 1.165) is 0 Å². The van der Waals surface area contributed by atoms with Crippen LogP contribution in [0.4, 0.5) is 0 Å². The van der Waals surface area contributed by atoms with Crippen molar-refractivity contribution in [1.82, 2.24) is 4.98 Å². The van der Waals surface area contributed by atoms with E-state index in [9.17, 15) is 13.5 Å². The van der Waals surface area contributed by atoms with Crippen molar-refractivity contribution in [3.8, 4) is 23.0 Å². The van der Waals surface area contributed by atoms with Crippen LogP contribution in [0, 0.1) is 0 Å². The molecule has 4 aromatic rings. The Hall–Kier alpha value is -2.87. The van der Waals surface area contributed by atoms with Gasteiger partial charge in [-0.25, -0.2) is 8.42 Å². The fourth-order valence-corrected chi connectivity index (χ4v) is 4.96. The highest BCUT2D eigenvalue weighted by atomic mass is 35.5. The molecule has 1 heterocycles. The second-order valence-corrected chi connectivity index (χ2v) is 9.09. The number of methoxy groups -OCH3 is 1. The summed E-state index contributed by atoms with van der Waals surface area (Å²) >= 11 is 12.1. The zero-order chi connectivity index (χ0) is 21.5. The zero-order valence-corrected chi connectivity index (χ0v) is 17.8.